The monoisotopic (exact) mass is 316 g/mol. The zero-order chi connectivity index (χ0) is 9.21. The van der Waals surface area contributed by atoms with Crippen molar-refractivity contribution >= 4 is 70.7 Å². The van der Waals surface area contributed by atoms with Gasteiger partial charge in [-0.3, -0.25) is 0 Å². The van der Waals surface area contributed by atoms with Crippen molar-refractivity contribution in [3.8, 4) is 0 Å². The molecule has 0 N–H and O–H groups in total. The SMILES string of the molecule is CC.[Cl][AlH][Cl].[Cl][Ti]([Cl])([Cl])[Cl]. The molecular formula is C2H7AlCl6Ti. The molecule has 64 valence electrons. The van der Waals surface area contributed by atoms with Crippen LogP contribution >= 0.6 is 57.3 Å². The summed E-state index contributed by atoms with van der Waals surface area (Å²) in [5.41, 5.74) is 0. The van der Waals surface area contributed by atoms with E-state index in [4.69, 9.17) is 57.3 Å². The van der Waals surface area contributed by atoms with Crippen LogP contribution < -0.4 is 0 Å². The maximum absolute atomic E-state index is 5.01. The Morgan fingerprint density at radius 1 is 0.900 bits per heavy atom. The van der Waals surface area contributed by atoms with Crippen LogP contribution in [0, 0.1) is 0 Å². The van der Waals surface area contributed by atoms with Crippen LogP contribution in [0.25, 0.3) is 0 Å². The van der Waals surface area contributed by atoms with Gasteiger partial charge >= 0.3 is 62.9 Å². The number of rotatable bonds is 0. The first-order valence-corrected chi connectivity index (χ1v) is 15.2. The van der Waals surface area contributed by atoms with Gasteiger partial charge in [-0.15, -0.1) is 0 Å². The standard InChI is InChI=1S/C2H6.Al.6ClH.Ti.H/c1-2;;;;;;;;;/h1-2H3;;6*1H;;/q;+2;;;;;;;+4;/p-6. The predicted molar refractivity (Wildman–Crippen MR) is 53.6 cm³/mol. The van der Waals surface area contributed by atoms with Crippen molar-refractivity contribution in [1.82, 2.24) is 0 Å². The molecule has 10 heavy (non-hydrogen) atoms. The summed E-state index contributed by atoms with van der Waals surface area (Å²) in [6, 6.07) is 0. The van der Waals surface area contributed by atoms with E-state index in [-0.39, 0.29) is 0 Å². The van der Waals surface area contributed by atoms with Gasteiger partial charge in [0.1, 0.15) is 0 Å². The minimum atomic E-state index is -3.11. The van der Waals surface area contributed by atoms with Crippen LogP contribution in [0.2, 0.25) is 0 Å². The van der Waals surface area contributed by atoms with Crippen LogP contribution in [0.1, 0.15) is 13.8 Å². The summed E-state index contributed by atoms with van der Waals surface area (Å²) in [6.45, 7) is 4.00. The zero-order valence-electron chi connectivity index (χ0n) is 5.47. The molecule has 0 aliphatic heterocycles. The van der Waals surface area contributed by atoms with Gasteiger partial charge in [-0.2, -0.15) is 0 Å². The molecule has 0 rings (SSSR count). The van der Waals surface area contributed by atoms with Crippen LogP contribution in [-0.2, 0) is 12.3 Å². The molecule has 0 bridgehead atoms. The van der Waals surface area contributed by atoms with Crippen LogP contribution in [0.4, 0.5) is 0 Å². The van der Waals surface area contributed by atoms with E-state index in [1.807, 2.05) is 13.8 Å². The first-order chi connectivity index (χ1) is 4.41. The van der Waals surface area contributed by atoms with Crippen molar-refractivity contribution in [3.05, 3.63) is 0 Å². The van der Waals surface area contributed by atoms with Gasteiger partial charge in [0.25, 0.3) is 0 Å². The quantitative estimate of drug-likeness (QED) is 0.576. The van der Waals surface area contributed by atoms with E-state index in [0.717, 1.165) is 0 Å². The van der Waals surface area contributed by atoms with Gasteiger partial charge in [-0.25, -0.2) is 20.1 Å². The zero-order valence-corrected chi connectivity index (χ0v) is 13.0. The Morgan fingerprint density at radius 3 is 0.900 bits per heavy atom. The predicted octanol–water partition coefficient (Wildman–Crippen LogP) is 4.51. The van der Waals surface area contributed by atoms with Gasteiger partial charge in [-0.05, 0) is 0 Å². The van der Waals surface area contributed by atoms with Crippen molar-refractivity contribution < 1.29 is 12.3 Å². The van der Waals surface area contributed by atoms with Gasteiger partial charge in [0.05, 0.1) is 0 Å². The van der Waals surface area contributed by atoms with E-state index in [0.29, 0.717) is 0 Å². The van der Waals surface area contributed by atoms with Crippen LogP contribution in [-0.4, -0.2) is 13.4 Å². The molecule has 0 saturated carbocycles. The molecule has 0 aliphatic carbocycles. The van der Waals surface area contributed by atoms with Crippen LogP contribution in [0.5, 0.6) is 0 Å². The average molecular weight is 319 g/mol. The second-order valence-electron chi connectivity index (χ2n) is 0.530. The molecule has 0 heterocycles. The molecule has 8 heteroatoms. The van der Waals surface area contributed by atoms with Crippen LogP contribution in [0.15, 0.2) is 0 Å². The summed E-state index contributed by atoms with van der Waals surface area (Å²) in [4.78, 5) is 0. The van der Waals surface area contributed by atoms with Crippen molar-refractivity contribution in [3.63, 3.8) is 0 Å². The maximum atomic E-state index is 5.01. The molecule has 0 aromatic carbocycles. The number of halogens is 6. The van der Waals surface area contributed by atoms with Gasteiger partial charge in [0.15, 0.2) is 0 Å². The average Bonchev–Trinajstić information content (AvgIpc) is 1.68. The van der Waals surface area contributed by atoms with E-state index >= 15 is 0 Å². The molecule has 0 aliphatic rings. The van der Waals surface area contributed by atoms with E-state index in [9.17, 15) is 0 Å². The molecule has 0 atom stereocenters. The topological polar surface area (TPSA) is 0 Å². The Hall–Kier alpha value is 2.99. The second kappa shape index (κ2) is 14.5. The summed E-state index contributed by atoms with van der Waals surface area (Å²) < 4.78 is 0. The Morgan fingerprint density at radius 2 is 0.900 bits per heavy atom. The first kappa shape index (κ1) is 18.7. The fourth-order valence-electron chi connectivity index (χ4n) is 0. The number of hydrogen-bond donors (Lipinski definition) is 0. The molecular weight excluding hydrogens is 312 g/mol. The molecule has 0 nitrogen and oxygen atoms in total. The summed E-state index contributed by atoms with van der Waals surface area (Å²) in [5, 5.41) is 0. The Labute approximate surface area is 95.4 Å². The molecule has 0 saturated heterocycles. The van der Waals surface area contributed by atoms with Crippen LogP contribution in [0.3, 0.4) is 0 Å². The molecule has 0 fully saturated rings. The normalized spacial score (nSPS) is 8.00. The van der Waals surface area contributed by atoms with E-state index in [1.54, 1.807) is 0 Å². The molecule has 0 aromatic rings. The van der Waals surface area contributed by atoms with Gasteiger partial charge < -0.3 is 0 Å². The van der Waals surface area contributed by atoms with E-state index < -0.39 is 25.7 Å². The fourth-order valence-corrected chi connectivity index (χ4v) is 0. The van der Waals surface area contributed by atoms with Gasteiger partial charge in [0, 0.05) is 0 Å². The minimum absolute atomic E-state index is 0.639. The Balaban J connectivity index is -0.0000000847. The Bertz CT molecular complexity index is 39.5. The number of hydrogen-bond acceptors (Lipinski definition) is 0. The molecule has 0 aromatic heterocycles. The first-order valence-electron chi connectivity index (χ1n) is 2.29. The summed E-state index contributed by atoms with van der Waals surface area (Å²) in [7, 11) is 29.9. The van der Waals surface area contributed by atoms with Crippen molar-refractivity contribution in [2.24, 2.45) is 0 Å². The van der Waals surface area contributed by atoms with E-state index in [1.165, 1.54) is 0 Å². The Kier molecular flexibility index (Phi) is 27.1. The summed E-state index contributed by atoms with van der Waals surface area (Å²) in [5.74, 6) is 0. The summed E-state index contributed by atoms with van der Waals surface area (Å²) >= 11 is -3.75. The van der Waals surface area contributed by atoms with Gasteiger partial charge in [0.2, 0.25) is 0 Å². The summed E-state index contributed by atoms with van der Waals surface area (Å²) in [6.07, 6.45) is 0. The van der Waals surface area contributed by atoms with Gasteiger partial charge in [-0.1, -0.05) is 13.8 Å². The van der Waals surface area contributed by atoms with Crippen molar-refractivity contribution in [1.29, 1.82) is 0 Å². The third-order valence-corrected chi connectivity index (χ3v) is 0. The molecule has 0 spiro atoms. The molecule has 0 radical (unpaired) electrons. The van der Waals surface area contributed by atoms with Crippen molar-refractivity contribution in [2.75, 3.05) is 0 Å². The van der Waals surface area contributed by atoms with E-state index in [2.05, 4.69) is 0 Å². The third-order valence-electron chi connectivity index (χ3n) is 0. The molecule has 0 unspecified atom stereocenters. The van der Waals surface area contributed by atoms with Crippen molar-refractivity contribution in [2.45, 2.75) is 13.8 Å². The second-order valence-corrected chi connectivity index (χ2v) is 18.6. The molecule has 0 amide bonds. The third kappa shape index (κ3) is 123. The fraction of sp³-hybridized carbons (Fsp3) is 1.00.